The molecule has 180 valence electrons. The van der Waals surface area contributed by atoms with Crippen LogP contribution in [0.4, 0.5) is 10.5 Å². The van der Waals surface area contributed by atoms with Crippen LogP contribution < -0.4 is 15.5 Å². The highest BCUT2D eigenvalue weighted by molar-refractivity contribution is 5.98. The van der Waals surface area contributed by atoms with E-state index in [0.29, 0.717) is 38.2 Å². The maximum atomic E-state index is 13.1. The summed E-state index contributed by atoms with van der Waals surface area (Å²) in [7, 11) is 0. The summed E-state index contributed by atoms with van der Waals surface area (Å²) in [6.45, 7) is 9.07. The lowest BCUT2D eigenvalue weighted by Gasteiger charge is -2.32. The first-order valence-electron chi connectivity index (χ1n) is 11.5. The topological polar surface area (TPSA) is 108 Å². The van der Waals surface area contributed by atoms with Gasteiger partial charge in [-0.05, 0) is 63.8 Å². The largest absolute Gasteiger partial charge is 0.444 e. The number of carbonyl (C=O) groups is 4. The highest BCUT2D eigenvalue weighted by atomic mass is 16.6. The summed E-state index contributed by atoms with van der Waals surface area (Å²) in [6.07, 6.45) is 1.68. The molecular weight excluding hydrogens is 424 g/mol. The van der Waals surface area contributed by atoms with Gasteiger partial charge in [-0.2, -0.15) is 0 Å². The fourth-order valence-electron chi connectivity index (χ4n) is 4.23. The molecule has 2 heterocycles. The number of nitrogens with zero attached hydrogens (tertiary/aromatic N) is 2. The molecule has 1 atom stereocenters. The zero-order valence-electron chi connectivity index (χ0n) is 19.9. The number of nitrogens with one attached hydrogen (secondary N) is 2. The molecule has 1 aromatic rings. The van der Waals surface area contributed by atoms with Crippen molar-refractivity contribution < 1.29 is 23.9 Å². The number of carbonyl (C=O) groups excluding carboxylic acids is 4. The third kappa shape index (κ3) is 6.46. The Kier molecular flexibility index (Phi) is 7.61. The van der Waals surface area contributed by atoms with Crippen LogP contribution in [0, 0.1) is 5.92 Å². The number of anilines is 1. The van der Waals surface area contributed by atoms with Crippen molar-refractivity contribution in [2.45, 2.75) is 52.6 Å². The van der Waals surface area contributed by atoms with Gasteiger partial charge in [-0.1, -0.05) is 0 Å². The smallest absolute Gasteiger partial charge is 0.407 e. The van der Waals surface area contributed by atoms with Gasteiger partial charge in [0.15, 0.2) is 0 Å². The lowest BCUT2D eigenvalue weighted by atomic mass is 9.96. The van der Waals surface area contributed by atoms with Gasteiger partial charge in [-0.25, -0.2) is 4.79 Å². The summed E-state index contributed by atoms with van der Waals surface area (Å²) in [5.41, 5.74) is 1.88. The minimum absolute atomic E-state index is 0.000921. The van der Waals surface area contributed by atoms with Gasteiger partial charge in [0.1, 0.15) is 5.60 Å². The molecule has 1 saturated heterocycles. The standard InChI is InChI=1S/C24H34N4O5/c1-16(29)28-13-9-17-14-18(7-8-20(17)28)22(31)27-12-5-6-19(15-27)21(30)25-10-11-26-23(32)33-24(2,3)4/h7-8,14,19H,5-6,9-13,15H2,1-4H3,(H,25,30)(H,26,32). The predicted octanol–water partition coefficient (Wildman–Crippen LogP) is 2.09. The molecule has 1 unspecified atom stereocenters. The number of rotatable bonds is 5. The second-order valence-electron chi connectivity index (χ2n) is 9.57. The van der Waals surface area contributed by atoms with Crippen LogP contribution in [0.1, 0.15) is 56.5 Å². The zero-order valence-corrected chi connectivity index (χ0v) is 19.9. The van der Waals surface area contributed by atoms with Crippen molar-refractivity contribution in [1.82, 2.24) is 15.5 Å². The predicted molar refractivity (Wildman–Crippen MR) is 124 cm³/mol. The Hall–Kier alpha value is -3.10. The molecule has 0 aliphatic carbocycles. The number of benzene rings is 1. The van der Waals surface area contributed by atoms with E-state index >= 15 is 0 Å². The Bertz CT molecular complexity index is 924. The molecule has 9 nitrogen and oxygen atoms in total. The van der Waals surface area contributed by atoms with E-state index in [1.807, 2.05) is 12.1 Å². The molecule has 0 radical (unpaired) electrons. The summed E-state index contributed by atoms with van der Waals surface area (Å²) in [5.74, 6) is -0.501. The quantitative estimate of drug-likeness (QED) is 0.657. The normalized spacial score (nSPS) is 17.9. The van der Waals surface area contributed by atoms with Crippen LogP contribution in [0.5, 0.6) is 0 Å². The zero-order chi connectivity index (χ0) is 24.2. The Balaban J connectivity index is 1.50. The molecule has 9 heteroatoms. The van der Waals surface area contributed by atoms with Crippen molar-refractivity contribution in [1.29, 1.82) is 0 Å². The first kappa shape index (κ1) is 24.5. The molecular formula is C24H34N4O5. The summed E-state index contributed by atoms with van der Waals surface area (Å²) in [5, 5.41) is 5.45. The number of hydrogen-bond donors (Lipinski definition) is 2. The van der Waals surface area contributed by atoms with Gasteiger partial charge >= 0.3 is 6.09 Å². The van der Waals surface area contributed by atoms with Gasteiger partial charge in [-0.3, -0.25) is 14.4 Å². The van der Waals surface area contributed by atoms with E-state index in [1.165, 1.54) is 0 Å². The van der Waals surface area contributed by atoms with E-state index in [2.05, 4.69) is 10.6 Å². The molecule has 2 N–H and O–H groups in total. The Morgan fingerprint density at radius 2 is 1.82 bits per heavy atom. The third-order valence-corrected chi connectivity index (χ3v) is 5.77. The van der Waals surface area contributed by atoms with Crippen LogP contribution in [0.25, 0.3) is 0 Å². The second kappa shape index (κ2) is 10.2. The van der Waals surface area contributed by atoms with Gasteiger partial charge < -0.3 is 25.2 Å². The second-order valence-corrected chi connectivity index (χ2v) is 9.57. The number of amides is 4. The monoisotopic (exact) mass is 458 g/mol. The lowest BCUT2D eigenvalue weighted by Crippen LogP contribution is -2.46. The van der Waals surface area contributed by atoms with Crippen molar-refractivity contribution in [3.8, 4) is 0 Å². The third-order valence-electron chi connectivity index (χ3n) is 5.77. The molecule has 1 fully saturated rings. The first-order valence-corrected chi connectivity index (χ1v) is 11.5. The highest BCUT2D eigenvalue weighted by Gasteiger charge is 2.30. The van der Waals surface area contributed by atoms with Crippen LogP contribution in [0.2, 0.25) is 0 Å². The number of hydrogen-bond acceptors (Lipinski definition) is 5. The average molecular weight is 459 g/mol. The van der Waals surface area contributed by atoms with E-state index < -0.39 is 11.7 Å². The van der Waals surface area contributed by atoms with Gasteiger partial charge in [-0.15, -0.1) is 0 Å². The fourth-order valence-corrected chi connectivity index (χ4v) is 4.23. The van der Waals surface area contributed by atoms with Gasteiger partial charge in [0.2, 0.25) is 11.8 Å². The Labute approximate surface area is 194 Å². The van der Waals surface area contributed by atoms with Crippen LogP contribution in [-0.2, 0) is 20.7 Å². The molecule has 1 aromatic carbocycles. The maximum absolute atomic E-state index is 13.1. The van der Waals surface area contributed by atoms with Crippen LogP contribution in [0.3, 0.4) is 0 Å². The van der Waals surface area contributed by atoms with Crippen molar-refractivity contribution in [3.05, 3.63) is 29.3 Å². The molecule has 0 saturated carbocycles. The number of ether oxygens (including phenoxy) is 1. The fraction of sp³-hybridized carbons (Fsp3) is 0.583. The van der Waals surface area contributed by atoms with Crippen molar-refractivity contribution in [3.63, 3.8) is 0 Å². The number of fused-ring (bicyclic) bond motifs is 1. The highest BCUT2D eigenvalue weighted by Crippen LogP contribution is 2.30. The summed E-state index contributed by atoms with van der Waals surface area (Å²) in [4.78, 5) is 52.6. The van der Waals surface area contributed by atoms with Gasteiger partial charge in [0.05, 0.1) is 5.92 Å². The molecule has 2 aliphatic rings. The van der Waals surface area contributed by atoms with Crippen LogP contribution in [0.15, 0.2) is 18.2 Å². The average Bonchev–Trinajstić information content (AvgIpc) is 3.18. The van der Waals surface area contributed by atoms with Crippen LogP contribution >= 0.6 is 0 Å². The van der Waals surface area contributed by atoms with E-state index in [1.54, 1.807) is 43.6 Å². The summed E-state index contributed by atoms with van der Waals surface area (Å²) < 4.78 is 5.16. The molecule has 3 rings (SSSR count). The minimum Gasteiger partial charge on any atom is -0.444 e. The molecule has 0 spiro atoms. The molecule has 0 aromatic heterocycles. The molecule has 4 amide bonds. The lowest BCUT2D eigenvalue weighted by molar-refractivity contribution is -0.126. The molecule has 2 aliphatic heterocycles. The molecule has 0 bridgehead atoms. The Morgan fingerprint density at radius 1 is 1.09 bits per heavy atom. The SMILES string of the molecule is CC(=O)N1CCc2cc(C(=O)N3CCCC(C(=O)NCCNC(=O)OC(C)(C)C)C3)ccc21. The molecule has 33 heavy (non-hydrogen) atoms. The summed E-state index contributed by atoms with van der Waals surface area (Å²) in [6, 6.07) is 5.46. The van der Waals surface area contributed by atoms with E-state index in [4.69, 9.17) is 4.74 Å². The van der Waals surface area contributed by atoms with E-state index in [0.717, 1.165) is 24.1 Å². The van der Waals surface area contributed by atoms with Gasteiger partial charge in [0.25, 0.3) is 5.91 Å². The number of alkyl carbamates (subject to hydrolysis) is 1. The maximum Gasteiger partial charge on any atom is 0.407 e. The van der Waals surface area contributed by atoms with Crippen molar-refractivity contribution >= 4 is 29.5 Å². The van der Waals surface area contributed by atoms with Gasteiger partial charge in [0, 0.05) is 50.9 Å². The number of likely N-dealkylation sites (tertiary alicyclic amines) is 1. The first-order chi connectivity index (χ1) is 15.5. The summed E-state index contributed by atoms with van der Waals surface area (Å²) >= 11 is 0. The minimum atomic E-state index is -0.572. The van der Waals surface area contributed by atoms with Crippen LogP contribution in [-0.4, -0.2) is 67.0 Å². The Morgan fingerprint density at radius 3 is 2.52 bits per heavy atom. The number of piperidine rings is 1. The van der Waals surface area contributed by atoms with E-state index in [-0.39, 0.29) is 30.2 Å². The van der Waals surface area contributed by atoms with E-state index in [9.17, 15) is 19.2 Å². The van der Waals surface area contributed by atoms with Crippen molar-refractivity contribution in [2.24, 2.45) is 5.92 Å². The van der Waals surface area contributed by atoms with Crippen molar-refractivity contribution in [2.75, 3.05) is 37.6 Å².